The van der Waals surface area contributed by atoms with Gasteiger partial charge in [-0.3, -0.25) is 14.5 Å². The van der Waals surface area contributed by atoms with Crippen LogP contribution < -0.4 is 5.32 Å². The molecule has 0 saturated heterocycles. The van der Waals surface area contributed by atoms with Crippen molar-refractivity contribution in [1.29, 1.82) is 0 Å². The molecule has 174 valence electrons. The van der Waals surface area contributed by atoms with Crippen LogP contribution in [0.15, 0.2) is 59.5 Å². The Hall–Kier alpha value is -2.75. The van der Waals surface area contributed by atoms with Crippen molar-refractivity contribution < 1.29 is 22.7 Å². The number of nitrogens with zero attached hydrogens (tertiary/aromatic N) is 2. The first-order valence-electron chi connectivity index (χ1n) is 10.4. The van der Waals surface area contributed by atoms with E-state index in [9.17, 15) is 18.0 Å². The Balaban J connectivity index is 2.00. The monoisotopic (exact) mass is 461 g/mol. The van der Waals surface area contributed by atoms with E-state index in [1.807, 2.05) is 44.2 Å². The molecule has 8 nitrogen and oxygen atoms in total. The molecule has 0 aliphatic rings. The molecule has 0 fully saturated rings. The van der Waals surface area contributed by atoms with Gasteiger partial charge in [0, 0.05) is 25.3 Å². The van der Waals surface area contributed by atoms with Crippen LogP contribution in [0.5, 0.6) is 0 Å². The van der Waals surface area contributed by atoms with Crippen molar-refractivity contribution >= 4 is 27.6 Å². The van der Waals surface area contributed by atoms with Crippen LogP contribution in [-0.2, 0) is 30.9 Å². The van der Waals surface area contributed by atoms with Crippen LogP contribution in [0.2, 0.25) is 0 Å². The van der Waals surface area contributed by atoms with Gasteiger partial charge in [0.15, 0.2) is 0 Å². The number of carbonyl (C=O) groups is 2. The molecule has 2 aromatic rings. The van der Waals surface area contributed by atoms with E-state index in [-0.39, 0.29) is 49.1 Å². The summed E-state index contributed by atoms with van der Waals surface area (Å²) in [6.45, 7) is 6.07. The molecule has 0 radical (unpaired) electrons. The average Bonchev–Trinajstić information content (AvgIpc) is 2.74. The van der Waals surface area contributed by atoms with Crippen LogP contribution in [0.25, 0.3) is 0 Å². The minimum atomic E-state index is -3.67. The standard InChI is InChI=1S/C23H31N3O5S/c1-5-31-23(28)17-26(18(2)3)16-22(27)24-20-11-13-21(14-12-20)32(29,30)25(4)15-19-9-7-6-8-10-19/h6-14,18H,5,15-17H2,1-4H3,(H,24,27). The summed E-state index contributed by atoms with van der Waals surface area (Å²) in [4.78, 5) is 26.0. The van der Waals surface area contributed by atoms with E-state index < -0.39 is 10.0 Å². The summed E-state index contributed by atoms with van der Waals surface area (Å²) >= 11 is 0. The van der Waals surface area contributed by atoms with E-state index in [0.29, 0.717) is 5.69 Å². The average molecular weight is 462 g/mol. The molecule has 2 rings (SSSR count). The van der Waals surface area contributed by atoms with E-state index in [2.05, 4.69) is 5.32 Å². The van der Waals surface area contributed by atoms with Gasteiger partial charge in [0.05, 0.1) is 24.6 Å². The highest BCUT2D eigenvalue weighted by Gasteiger charge is 2.21. The van der Waals surface area contributed by atoms with Crippen LogP contribution in [0.4, 0.5) is 5.69 Å². The largest absolute Gasteiger partial charge is 0.465 e. The van der Waals surface area contributed by atoms with Gasteiger partial charge < -0.3 is 10.1 Å². The number of sulfonamides is 1. The fourth-order valence-corrected chi connectivity index (χ4v) is 4.15. The Morgan fingerprint density at radius 2 is 1.62 bits per heavy atom. The summed E-state index contributed by atoms with van der Waals surface area (Å²) < 4.78 is 31.9. The molecule has 0 aliphatic carbocycles. The molecule has 2 aromatic carbocycles. The van der Waals surface area contributed by atoms with E-state index in [1.54, 1.807) is 24.0 Å². The maximum Gasteiger partial charge on any atom is 0.320 e. The number of ether oxygens (including phenoxy) is 1. The lowest BCUT2D eigenvalue weighted by Crippen LogP contribution is -2.41. The highest BCUT2D eigenvalue weighted by molar-refractivity contribution is 7.89. The van der Waals surface area contributed by atoms with Crippen molar-refractivity contribution in [2.45, 2.75) is 38.3 Å². The molecular weight excluding hydrogens is 430 g/mol. The Morgan fingerprint density at radius 1 is 1.00 bits per heavy atom. The van der Waals surface area contributed by atoms with Crippen molar-refractivity contribution in [2.24, 2.45) is 0 Å². The van der Waals surface area contributed by atoms with Gasteiger partial charge in [0.25, 0.3) is 0 Å². The van der Waals surface area contributed by atoms with Crippen molar-refractivity contribution in [3.63, 3.8) is 0 Å². The third kappa shape index (κ3) is 7.44. The maximum absolute atomic E-state index is 12.8. The van der Waals surface area contributed by atoms with Gasteiger partial charge in [-0.1, -0.05) is 30.3 Å². The summed E-state index contributed by atoms with van der Waals surface area (Å²) in [6.07, 6.45) is 0. The summed E-state index contributed by atoms with van der Waals surface area (Å²) in [5.41, 5.74) is 1.36. The normalized spacial score (nSPS) is 11.7. The second-order valence-corrected chi connectivity index (χ2v) is 9.67. The lowest BCUT2D eigenvalue weighted by molar-refractivity contribution is -0.145. The molecular formula is C23H31N3O5S. The Bertz CT molecular complexity index is 992. The Morgan fingerprint density at radius 3 is 2.19 bits per heavy atom. The number of anilines is 1. The first-order chi connectivity index (χ1) is 15.1. The van der Waals surface area contributed by atoms with Gasteiger partial charge in [0.2, 0.25) is 15.9 Å². The summed E-state index contributed by atoms with van der Waals surface area (Å²) in [6, 6.07) is 15.3. The predicted octanol–water partition coefficient (Wildman–Crippen LogP) is 2.72. The smallest absolute Gasteiger partial charge is 0.320 e. The molecule has 0 heterocycles. The number of esters is 1. The van der Waals surface area contributed by atoms with Crippen molar-refractivity contribution in [3.05, 3.63) is 60.2 Å². The fraction of sp³-hybridized carbons (Fsp3) is 0.391. The molecule has 0 bridgehead atoms. The fourth-order valence-electron chi connectivity index (χ4n) is 2.99. The highest BCUT2D eigenvalue weighted by Crippen LogP contribution is 2.19. The van der Waals surface area contributed by atoms with E-state index in [0.717, 1.165) is 5.56 Å². The number of hydrogen-bond donors (Lipinski definition) is 1. The highest BCUT2D eigenvalue weighted by atomic mass is 32.2. The van der Waals surface area contributed by atoms with Gasteiger partial charge in [-0.25, -0.2) is 8.42 Å². The van der Waals surface area contributed by atoms with Crippen LogP contribution in [0.3, 0.4) is 0 Å². The van der Waals surface area contributed by atoms with Crippen molar-refractivity contribution in [3.8, 4) is 0 Å². The number of amides is 1. The maximum atomic E-state index is 12.8. The SMILES string of the molecule is CCOC(=O)CN(CC(=O)Nc1ccc(S(=O)(=O)N(C)Cc2ccccc2)cc1)C(C)C. The molecule has 0 unspecified atom stereocenters. The predicted molar refractivity (Wildman–Crippen MR) is 124 cm³/mol. The topological polar surface area (TPSA) is 96.0 Å². The van der Waals surface area contributed by atoms with Crippen molar-refractivity contribution in [2.75, 3.05) is 32.1 Å². The summed E-state index contributed by atoms with van der Waals surface area (Å²) in [7, 11) is -2.14. The summed E-state index contributed by atoms with van der Waals surface area (Å²) in [5, 5.41) is 2.74. The number of hydrogen-bond acceptors (Lipinski definition) is 6. The first kappa shape index (κ1) is 25.5. The molecule has 32 heavy (non-hydrogen) atoms. The van der Waals surface area contributed by atoms with Crippen LogP contribution in [0.1, 0.15) is 26.3 Å². The number of nitrogens with one attached hydrogen (secondary N) is 1. The first-order valence-corrected chi connectivity index (χ1v) is 11.9. The third-order valence-corrected chi connectivity index (χ3v) is 6.63. The number of rotatable bonds is 11. The second kappa shape index (κ2) is 11.8. The molecule has 9 heteroatoms. The molecule has 0 spiro atoms. The van der Waals surface area contributed by atoms with E-state index >= 15 is 0 Å². The lowest BCUT2D eigenvalue weighted by atomic mass is 10.2. The molecule has 0 saturated carbocycles. The number of carbonyl (C=O) groups excluding carboxylic acids is 2. The zero-order valence-corrected chi connectivity index (χ0v) is 19.8. The third-order valence-electron chi connectivity index (χ3n) is 4.81. The van der Waals surface area contributed by atoms with Crippen molar-refractivity contribution in [1.82, 2.24) is 9.21 Å². The zero-order chi connectivity index (χ0) is 23.7. The lowest BCUT2D eigenvalue weighted by Gasteiger charge is -2.24. The molecule has 0 aliphatic heterocycles. The van der Waals surface area contributed by atoms with Gasteiger partial charge in [0.1, 0.15) is 0 Å². The zero-order valence-electron chi connectivity index (χ0n) is 18.9. The van der Waals surface area contributed by atoms with Crippen LogP contribution in [-0.4, -0.2) is 62.3 Å². The Kier molecular flexibility index (Phi) is 9.37. The van der Waals surface area contributed by atoms with Gasteiger partial charge in [-0.15, -0.1) is 0 Å². The van der Waals surface area contributed by atoms with Gasteiger partial charge >= 0.3 is 5.97 Å². The quantitative estimate of drug-likeness (QED) is 0.517. The second-order valence-electron chi connectivity index (χ2n) is 7.62. The van der Waals surface area contributed by atoms with Gasteiger partial charge in [-0.05, 0) is 50.6 Å². The number of benzene rings is 2. The van der Waals surface area contributed by atoms with E-state index in [4.69, 9.17) is 4.74 Å². The summed E-state index contributed by atoms with van der Waals surface area (Å²) in [5.74, 6) is -0.692. The molecule has 1 amide bonds. The molecule has 1 N–H and O–H groups in total. The minimum absolute atomic E-state index is 0.0103. The molecule has 0 atom stereocenters. The van der Waals surface area contributed by atoms with E-state index in [1.165, 1.54) is 23.5 Å². The minimum Gasteiger partial charge on any atom is -0.465 e. The Labute approximate surface area is 190 Å². The van der Waals surface area contributed by atoms with Crippen LogP contribution >= 0.6 is 0 Å². The molecule has 0 aromatic heterocycles. The van der Waals surface area contributed by atoms with Crippen LogP contribution in [0, 0.1) is 0 Å². The van der Waals surface area contributed by atoms with Gasteiger partial charge in [-0.2, -0.15) is 4.31 Å².